The Morgan fingerprint density at radius 2 is 0.682 bits per heavy atom. The van der Waals surface area contributed by atoms with Gasteiger partial charge in [0.15, 0.2) is 0 Å². The van der Waals surface area contributed by atoms with Crippen LogP contribution in [0, 0.1) is 0 Å². The van der Waals surface area contributed by atoms with Crippen molar-refractivity contribution in [3.8, 4) is 56.4 Å². The molecule has 0 saturated heterocycles. The maximum Gasteiger partial charge on any atom is 0.0934 e. The van der Waals surface area contributed by atoms with Gasteiger partial charge in [0.2, 0.25) is 0 Å². The Morgan fingerprint density at radius 1 is 0.318 bits per heavy atom. The highest BCUT2D eigenvalue weighted by Gasteiger charge is 2.16. The summed E-state index contributed by atoms with van der Waals surface area (Å²) in [4.78, 5) is 0. The van der Waals surface area contributed by atoms with Crippen LogP contribution in [0.25, 0.3) is 67.2 Å². The topological polar surface area (TPSA) is 35.6 Å². The van der Waals surface area contributed by atoms with E-state index in [1.54, 1.807) is 0 Å². The highest BCUT2D eigenvalue weighted by molar-refractivity contribution is 5.91. The van der Waals surface area contributed by atoms with Gasteiger partial charge < -0.3 is 0 Å². The lowest BCUT2D eigenvalue weighted by molar-refractivity contribution is 0.892. The van der Waals surface area contributed by atoms with E-state index in [1.165, 1.54) is 10.8 Å². The van der Waals surface area contributed by atoms with Crippen LogP contribution in [0.4, 0.5) is 0 Å². The summed E-state index contributed by atoms with van der Waals surface area (Å²) in [7, 11) is 0. The first kappa shape index (κ1) is 25.7. The molecule has 0 aliphatic rings. The number of nitrogens with zero attached hydrogens (tertiary/aromatic N) is 4. The fraction of sp³-hybridized carbons (Fsp3) is 0. The van der Waals surface area contributed by atoms with Gasteiger partial charge in [-0.15, -0.1) is 0 Å². The quantitative estimate of drug-likeness (QED) is 0.201. The zero-order valence-corrected chi connectivity index (χ0v) is 24.0. The van der Waals surface area contributed by atoms with Crippen molar-refractivity contribution in [3.05, 3.63) is 170 Å². The van der Waals surface area contributed by atoms with Gasteiger partial charge in [-0.1, -0.05) is 121 Å². The zero-order valence-electron chi connectivity index (χ0n) is 24.0. The Balaban J connectivity index is 1.23. The molecule has 0 bridgehead atoms. The number of benzene rings is 6. The molecule has 0 radical (unpaired) electrons. The van der Waals surface area contributed by atoms with Crippen molar-refractivity contribution in [2.45, 2.75) is 0 Å². The lowest BCUT2D eigenvalue weighted by atomic mass is 10.0. The van der Waals surface area contributed by atoms with Gasteiger partial charge in [0, 0.05) is 22.3 Å². The Bertz CT molecular complexity index is 2040. The summed E-state index contributed by atoms with van der Waals surface area (Å²) >= 11 is 0. The van der Waals surface area contributed by atoms with Crippen LogP contribution in [0.5, 0.6) is 0 Å². The molecule has 0 unspecified atom stereocenters. The molecule has 208 valence electrons. The van der Waals surface area contributed by atoms with Crippen LogP contribution in [0.1, 0.15) is 0 Å². The molecular formula is C40H28N4. The first-order chi connectivity index (χ1) is 21.8. The molecule has 0 amide bonds. The summed E-state index contributed by atoms with van der Waals surface area (Å²) in [6.45, 7) is 0. The predicted molar refractivity (Wildman–Crippen MR) is 180 cm³/mol. The van der Waals surface area contributed by atoms with Gasteiger partial charge in [0.25, 0.3) is 0 Å². The maximum absolute atomic E-state index is 5.03. The lowest BCUT2D eigenvalue weighted by Gasteiger charge is -2.10. The molecule has 8 rings (SSSR count). The summed E-state index contributed by atoms with van der Waals surface area (Å²) in [5.74, 6) is 0. The van der Waals surface area contributed by atoms with E-state index in [-0.39, 0.29) is 0 Å². The van der Waals surface area contributed by atoms with E-state index in [0.29, 0.717) is 0 Å². The third-order valence-corrected chi connectivity index (χ3v) is 7.99. The molecule has 44 heavy (non-hydrogen) atoms. The summed E-state index contributed by atoms with van der Waals surface area (Å²) in [5.41, 5.74) is 10.5. The second-order valence-electron chi connectivity index (χ2n) is 10.8. The van der Waals surface area contributed by atoms with E-state index >= 15 is 0 Å². The molecule has 2 aromatic heterocycles. The SMILES string of the molecule is c1ccc(-c2cc(-c3ccc4cc(-c5cc(-c6ccccc6)nn5-c5ccccc5)ccc4c3)n(-c3ccccc3)n2)cc1. The van der Waals surface area contributed by atoms with Gasteiger partial charge in [-0.2, -0.15) is 10.2 Å². The normalized spacial score (nSPS) is 11.2. The molecule has 2 heterocycles. The number of rotatable bonds is 6. The molecule has 4 heteroatoms. The van der Waals surface area contributed by atoms with E-state index in [0.717, 1.165) is 56.4 Å². The van der Waals surface area contributed by atoms with E-state index in [4.69, 9.17) is 10.2 Å². The van der Waals surface area contributed by atoms with Crippen LogP contribution in [0.2, 0.25) is 0 Å². The molecule has 8 aromatic rings. The highest BCUT2D eigenvalue weighted by atomic mass is 15.3. The Kier molecular flexibility index (Phi) is 6.43. The summed E-state index contributed by atoms with van der Waals surface area (Å²) in [5, 5.41) is 12.4. The average Bonchev–Trinajstić information content (AvgIpc) is 3.76. The number of fused-ring (bicyclic) bond motifs is 1. The van der Waals surface area contributed by atoms with E-state index < -0.39 is 0 Å². The molecule has 0 fully saturated rings. The minimum absolute atomic E-state index is 0.947. The molecule has 0 aliphatic carbocycles. The van der Waals surface area contributed by atoms with Crippen LogP contribution in [-0.4, -0.2) is 19.6 Å². The van der Waals surface area contributed by atoms with Gasteiger partial charge in [-0.05, 0) is 59.3 Å². The first-order valence-electron chi connectivity index (χ1n) is 14.8. The Labute approximate surface area is 256 Å². The molecule has 0 spiro atoms. The largest absolute Gasteiger partial charge is 0.232 e. The molecule has 0 N–H and O–H groups in total. The molecule has 0 aliphatic heterocycles. The standard InChI is InChI=1S/C40H28N4/c1-5-13-29(14-6-1)37-27-39(43(41-37)35-17-9-3-10-18-35)33-23-21-32-26-34(24-22-31(32)25-33)40-28-38(30-15-7-2-8-16-30)42-44(40)36-19-11-4-12-20-36/h1-28H. The molecule has 4 nitrogen and oxygen atoms in total. The van der Waals surface area contributed by atoms with Crippen LogP contribution in [-0.2, 0) is 0 Å². The van der Waals surface area contributed by atoms with E-state index in [9.17, 15) is 0 Å². The van der Waals surface area contributed by atoms with Crippen molar-refractivity contribution in [3.63, 3.8) is 0 Å². The predicted octanol–water partition coefficient (Wildman–Crippen LogP) is 9.88. The van der Waals surface area contributed by atoms with Crippen LogP contribution in [0.3, 0.4) is 0 Å². The van der Waals surface area contributed by atoms with Crippen molar-refractivity contribution in [1.82, 2.24) is 19.6 Å². The van der Waals surface area contributed by atoms with Crippen molar-refractivity contribution < 1.29 is 0 Å². The third kappa shape index (κ3) is 4.79. The third-order valence-electron chi connectivity index (χ3n) is 7.99. The Hall–Kier alpha value is -6.00. The monoisotopic (exact) mass is 564 g/mol. The van der Waals surface area contributed by atoms with E-state index in [2.05, 4.69) is 121 Å². The van der Waals surface area contributed by atoms with Gasteiger partial charge in [-0.25, -0.2) is 9.36 Å². The van der Waals surface area contributed by atoms with Gasteiger partial charge in [0.05, 0.1) is 34.2 Å². The molecular weight excluding hydrogens is 536 g/mol. The maximum atomic E-state index is 5.03. The second kappa shape index (κ2) is 11.0. The zero-order chi connectivity index (χ0) is 29.3. The van der Waals surface area contributed by atoms with Gasteiger partial charge in [0.1, 0.15) is 0 Å². The lowest BCUT2D eigenvalue weighted by Crippen LogP contribution is -1.99. The number of para-hydroxylation sites is 2. The number of hydrogen-bond donors (Lipinski definition) is 0. The Morgan fingerprint density at radius 3 is 1.07 bits per heavy atom. The second-order valence-corrected chi connectivity index (χ2v) is 10.8. The van der Waals surface area contributed by atoms with Crippen LogP contribution >= 0.6 is 0 Å². The van der Waals surface area contributed by atoms with Crippen molar-refractivity contribution >= 4 is 10.8 Å². The van der Waals surface area contributed by atoms with E-state index in [1.807, 2.05) is 57.9 Å². The smallest absolute Gasteiger partial charge is 0.0934 e. The fourth-order valence-corrected chi connectivity index (χ4v) is 5.77. The summed E-state index contributed by atoms with van der Waals surface area (Å²) < 4.78 is 4.09. The molecule has 6 aromatic carbocycles. The van der Waals surface area contributed by atoms with Gasteiger partial charge in [-0.3, -0.25) is 0 Å². The average molecular weight is 565 g/mol. The number of hydrogen-bond acceptors (Lipinski definition) is 2. The van der Waals surface area contributed by atoms with Crippen LogP contribution in [0.15, 0.2) is 170 Å². The summed E-state index contributed by atoms with van der Waals surface area (Å²) in [6, 6.07) is 59.0. The number of aromatic nitrogens is 4. The minimum Gasteiger partial charge on any atom is -0.232 e. The first-order valence-corrected chi connectivity index (χ1v) is 14.8. The minimum atomic E-state index is 0.947. The van der Waals surface area contributed by atoms with Crippen molar-refractivity contribution in [2.75, 3.05) is 0 Å². The van der Waals surface area contributed by atoms with Crippen molar-refractivity contribution in [2.24, 2.45) is 0 Å². The molecule has 0 saturated carbocycles. The fourth-order valence-electron chi connectivity index (χ4n) is 5.77. The van der Waals surface area contributed by atoms with Crippen LogP contribution < -0.4 is 0 Å². The van der Waals surface area contributed by atoms with Crippen molar-refractivity contribution in [1.29, 1.82) is 0 Å². The molecule has 0 atom stereocenters. The highest BCUT2D eigenvalue weighted by Crippen LogP contribution is 2.34. The summed E-state index contributed by atoms with van der Waals surface area (Å²) in [6.07, 6.45) is 0. The van der Waals surface area contributed by atoms with Gasteiger partial charge >= 0.3 is 0 Å².